The number of thiazole rings is 1. The number of carbonyl (C=O) groups excluding carboxylic acids is 1. The molecule has 0 spiro atoms. The molecule has 174 valence electrons. The number of anilines is 4. The summed E-state index contributed by atoms with van der Waals surface area (Å²) in [5.74, 6) is 5.86. The van der Waals surface area contributed by atoms with Gasteiger partial charge in [0.25, 0.3) is 0 Å². The average Bonchev–Trinajstić information content (AvgIpc) is 3.34. The fraction of sp³-hybridized carbons (Fsp3) is 0.261. The van der Waals surface area contributed by atoms with E-state index in [-0.39, 0.29) is 17.7 Å². The summed E-state index contributed by atoms with van der Waals surface area (Å²) < 4.78 is 5.17. The number of hydrogen-bond acceptors (Lipinski definition) is 10. The minimum Gasteiger partial charge on any atom is -0.379 e. The summed E-state index contributed by atoms with van der Waals surface area (Å²) >= 11 is 1.32. The molecular formula is C23H23N7O3S. The zero-order valence-electron chi connectivity index (χ0n) is 18.5. The van der Waals surface area contributed by atoms with E-state index in [4.69, 9.17) is 15.9 Å². The molecule has 1 aliphatic rings. The highest BCUT2D eigenvalue weighted by Crippen LogP contribution is 2.31. The Hall–Kier alpha value is -3.85. The molecule has 1 saturated heterocycles. The third-order valence-electron chi connectivity index (χ3n) is 5.21. The van der Waals surface area contributed by atoms with Crippen molar-refractivity contribution in [2.24, 2.45) is 5.41 Å². The Morgan fingerprint density at radius 2 is 2.18 bits per heavy atom. The van der Waals surface area contributed by atoms with Crippen LogP contribution in [0.5, 0.6) is 0 Å². The minimum absolute atomic E-state index is 0.0190. The number of amides is 1. The van der Waals surface area contributed by atoms with Crippen LogP contribution in [0.15, 0.2) is 36.0 Å². The predicted octanol–water partition coefficient (Wildman–Crippen LogP) is 2.49. The van der Waals surface area contributed by atoms with Crippen molar-refractivity contribution >= 4 is 46.6 Å². The Labute approximate surface area is 200 Å². The molecule has 1 aliphatic heterocycles. The molecule has 0 saturated carbocycles. The molecule has 3 heterocycles. The topological polar surface area (TPSA) is 159 Å². The molecule has 6 N–H and O–H groups in total. The molecule has 1 amide bonds. The van der Waals surface area contributed by atoms with Crippen molar-refractivity contribution in [3.63, 3.8) is 0 Å². The molecule has 4 rings (SSSR count). The van der Waals surface area contributed by atoms with Gasteiger partial charge in [-0.25, -0.2) is 9.97 Å². The van der Waals surface area contributed by atoms with Crippen LogP contribution in [0.3, 0.4) is 0 Å². The summed E-state index contributed by atoms with van der Waals surface area (Å²) in [6, 6.07) is 5.17. The second-order valence-corrected chi connectivity index (χ2v) is 9.12. The average molecular weight is 478 g/mol. The van der Waals surface area contributed by atoms with Gasteiger partial charge in [-0.15, -0.1) is 11.3 Å². The quantitative estimate of drug-likeness (QED) is 0.267. The van der Waals surface area contributed by atoms with Crippen LogP contribution in [0, 0.1) is 22.7 Å². The molecular weight excluding hydrogens is 454 g/mol. The summed E-state index contributed by atoms with van der Waals surface area (Å²) in [5, 5.41) is 26.6. The lowest BCUT2D eigenvalue weighted by Gasteiger charge is -2.36. The highest BCUT2D eigenvalue weighted by molar-refractivity contribution is 7.09. The summed E-state index contributed by atoms with van der Waals surface area (Å²) in [4.78, 5) is 25.0. The van der Waals surface area contributed by atoms with Crippen molar-refractivity contribution in [1.82, 2.24) is 15.0 Å². The molecule has 2 aromatic heterocycles. The van der Waals surface area contributed by atoms with E-state index in [1.807, 2.05) is 6.92 Å². The maximum atomic E-state index is 12.7. The molecule has 0 radical (unpaired) electrons. The van der Waals surface area contributed by atoms with Gasteiger partial charge in [-0.3, -0.25) is 4.79 Å². The first-order chi connectivity index (χ1) is 16.2. The van der Waals surface area contributed by atoms with Gasteiger partial charge in [-0.1, -0.05) is 17.9 Å². The van der Waals surface area contributed by atoms with Crippen LogP contribution in [-0.2, 0) is 15.1 Å². The first-order valence-electron chi connectivity index (χ1n) is 10.3. The lowest BCUT2D eigenvalue weighted by atomic mass is 9.87. The number of hydrogen-bond donors (Lipinski definition) is 5. The number of benzene rings is 1. The second kappa shape index (κ2) is 9.18. The number of aliphatic hydroxyl groups is 1. The first kappa shape index (κ1) is 23.3. The van der Waals surface area contributed by atoms with E-state index in [2.05, 4.69) is 37.4 Å². The molecule has 10 nitrogen and oxygen atoms in total. The van der Waals surface area contributed by atoms with Gasteiger partial charge in [0.15, 0.2) is 11.4 Å². The summed E-state index contributed by atoms with van der Waals surface area (Å²) in [7, 11) is 0. The first-order valence-corrected chi connectivity index (χ1v) is 11.2. The Morgan fingerprint density at radius 1 is 1.38 bits per heavy atom. The minimum atomic E-state index is -1.40. The maximum Gasteiger partial charge on any atom is 0.235 e. The second-order valence-electron chi connectivity index (χ2n) is 8.23. The third kappa shape index (κ3) is 4.89. The lowest BCUT2D eigenvalue weighted by Crippen LogP contribution is -2.49. The summed E-state index contributed by atoms with van der Waals surface area (Å²) in [6.07, 6.45) is 4.21. The van der Waals surface area contributed by atoms with Crippen LogP contribution in [0.2, 0.25) is 0 Å². The molecule has 0 aliphatic carbocycles. The van der Waals surface area contributed by atoms with Crippen molar-refractivity contribution in [3.8, 4) is 11.8 Å². The SMILES string of the molecule is CC1(C(=O)Nc2cnc(N)nc2Nc2cc(C#CC(C)(O)c3nccs3)ccc2C=N)COC1. The number of ether oxygens (including phenoxy) is 1. The molecule has 0 bridgehead atoms. The van der Waals surface area contributed by atoms with Crippen LogP contribution in [0.25, 0.3) is 0 Å². The van der Waals surface area contributed by atoms with Crippen molar-refractivity contribution in [2.75, 3.05) is 29.6 Å². The Balaban J connectivity index is 1.63. The standard InChI is InChI=1S/C23H23N7O3S/c1-22(12-33-13-22)19(31)29-17-11-27-21(25)30-18(17)28-16-9-14(3-4-15(16)10-24)5-6-23(2,32)20-26-7-8-34-20/h3-4,7-11,24,32H,12-13H2,1-2H3,(H,29,31)(H3,25,27,28,30). The smallest absolute Gasteiger partial charge is 0.235 e. The van der Waals surface area contributed by atoms with Gasteiger partial charge in [0.2, 0.25) is 11.9 Å². The predicted molar refractivity (Wildman–Crippen MR) is 130 cm³/mol. The number of nitrogen functional groups attached to an aromatic ring is 1. The lowest BCUT2D eigenvalue weighted by molar-refractivity contribution is -0.151. The molecule has 34 heavy (non-hydrogen) atoms. The van der Waals surface area contributed by atoms with Crippen molar-refractivity contribution < 1.29 is 14.6 Å². The van der Waals surface area contributed by atoms with Crippen molar-refractivity contribution in [3.05, 3.63) is 52.1 Å². The molecule has 11 heteroatoms. The van der Waals surface area contributed by atoms with Crippen LogP contribution in [0.4, 0.5) is 23.1 Å². The van der Waals surface area contributed by atoms with Gasteiger partial charge >= 0.3 is 0 Å². The molecule has 1 aromatic carbocycles. The van der Waals surface area contributed by atoms with Gasteiger partial charge in [0, 0.05) is 34.6 Å². The van der Waals surface area contributed by atoms with E-state index in [9.17, 15) is 9.90 Å². The molecule has 1 unspecified atom stereocenters. The summed E-state index contributed by atoms with van der Waals surface area (Å²) in [5.41, 5.74) is 5.77. The van der Waals surface area contributed by atoms with Gasteiger partial charge < -0.3 is 31.6 Å². The van der Waals surface area contributed by atoms with Gasteiger partial charge in [0.1, 0.15) is 10.7 Å². The van der Waals surface area contributed by atoms with E-state index in [0.717, 1.165) is 0 Å². The normalized spacial score (nSPS) is 15.7. The van der Waals surface area contributed by atoms with E-state index in [0.29, 0.717) is 40.7 Å². The van der Waals surface area contributed by atoms with Crippen molar-refractivity contribution in [1.29, 1.82) is 5.41 Å². The number of rotatable bonds is 6. The fourth-order valence-corrected chi connectivity index (χ4v) is 3.75. The number of carbonyl (C=O) groups is 1. The Kier molecular flexibility index (Phi) is 6.30. The molecule has 3 aromatic rings. The number of nitrogens with zero attached hydrogens (tertiary/aromatic N) is 3. The van der Waals surface area contributed by atoms with E-state index in [1.165, 1.54) is 23.7 Å². The van der Waals surface area contributed by atoms with Gasteiger partial charge in [0.05, 0.1) is 24.8 Å². The van der Waals surface area contributed by atoms with E-state index < -0.39 is 11.0 Å². The van der Waals surface area contributed by atoms with E-state index in [1.54, 1.807) is 36.7 Å². The van der Waals surface area contributed by atoms with Crippen LogP contribution in [0.1, 0.15) is 30.0 Å². The number of aromatic nitrogens is 3. The highest BCUT2D eigenvalue weighted by atomic mass is 32.1. The fourth-order valence-electron chi connectivity index (χ4n) is 3.10. The highest BCUT2D eigenvalue weighted by Gasteiger charge is 2.41. The third-order valence-corrected chi connectivity index (χ3v) is 6.19. The Morgan fingerprint density at radius 3 is 2.82 bits per heavy atom. The van der Waals surface area contributed by atoms with Gasteiger partial charge in [-0.05, 0) is 26.0 Å². The number of nitrogens with one attached hydrogen (secondary N) is 3. The van der Waals surface area contributed by atoms with Gasteiger partial charge in [-0.2, -0.15) is 4.98 Å². The van der Waals surface area contributed by atoms with Crippen LogP contribution < -0.4 is 16.4 Å². The molecule has 1 atom stereocenters. The van der Waals surface area contributed by atoms with E-state index >= 15 is 0 Å². The Bertz CT molecular complexity index is 1290. The largest absolute Gasteiger partial charge is 0.379 e. The zero-order chi connectivity index (χ0) is 24.3. The van der Waals surface area contributed by atoms with Crippen LogP contribution in [-0.4, -0.2) is 45.4 Å². The maximum absolute atomic E-state index is 12.7. The monoisotopic (exact) mass is 477 g/mol. The molecule has 1 fully saturated rings. The summed E-state index contributed by atoms with van der Waals surface area (Å²) in [6.45, 7) is 4.06. The zero-order valence-corrected chi connectivity index (χ0v) is 19.4. The van der Waals surface area contributed by atoms with Crippen LogP contribution >= 0.6 is 11.3 Å². The number of nitrogens with two attached hydrogens (primary N) is 1. The van der Waals surface area contributed by atoms with Crippen molar-refractivity contribution in [2.45, 2.75) is 19.4 Å².